The van der Waals surface area contributed by atoms with Gasteiger partial charge in [0.15, 0.2) is 0 Å². The summed E-state index contributed by atoms with van der Waals surface area (Å²) in [6, 6.07) is 0. The van der Waals surface area contributed by atoms with E-state index in [2.05, 4.69) is 0 Å². The van der Waals surface area contributed by atoms with Gasteiger partial charge >= 0.3 is 0 Å². The predicted molar refractivity (Wildman–Crippen MR) is 50.3 cm³/mol. The molecule has 0 aliphatic heterocycles. The minimum Gasteiger partial charge on any atom is -0.393 e. The Kier molecular flexibility index (Phi) is 3.00. The van der Waals surface area contributed by atoms with Crippen LogP contribution in [0.2, 0.25) is 0 Å². The fourth-order valence-electron chi connectivity index (χ4n) is 2.02. The van der Waals surface area contributed by atoms with Crippen LogP contribution in [0.4, 0.5) is 0 Å². The number of hydrogen-bond donors (Lipinski definition) is 3. The Hall–Kier alpha value is -0.120. The predicted octanol–water partition coefficient (Wildman–Crippen LogP) is 0.671. The molecule has 0 radical (unpaired) electrons. The van der Waals surface area contributed by atoms with Crippen LogP contribution in [0, 0.1) is 5.92 Å². The summed E-state index contributed by atoms with van der Waals surface area (Å²) in [5, 5.41) is 28.4. The second-order valence-electron chi connectivity index (χ2n) is 4.81. The van der Waals surface area contributed by atoms with Crippen LogP contribution in [-0.4, -0.2) is 33.1 Å². The average molecular weight is 188 g/mol. The third-order valence-electron chi connectivity index (χ3n) is 3.21. The van der Waals surface area contributed by atoms with Crippen LogP contribution >= 0.6 is 0 Å². The Labute approximate surface area is 79.4 Å². The van der Waals surface area contributed by atoms with Crippen molar-refractivity contribution in [3.05, 3.63) is 0 Å². The highest BCUT2D eigenvalue weighted by atomic mass is 16.3. The number of hydrogen-bond acceptors (Lipinski definition) is 3. The molecule has 0 spiro atoms. The molecule has 3 nitrogen and oxygen atoms in total. The summed E-state index contributed by atoms with van der Waals surface area (Å²) in [5.41, 5.74) is -1.54. The average Bonchev–Trinajstić information content (AvgIpc) is 2.04. The lowest BCUT2D eigenvalue weighted by atomic mass is 9.73. The van der Waals surface area contributed by atoms with Crippen molar-refractivity contribution in [3.63, 3.8) is 0 Å². The molecule has 1 aliphatic carbocycles. The van der Waals surface area contributed by atoms with Crippen LogP contribution in [0.25, 0.3) is 0 Å². The molecule has 0 unspecified atom stereocenters. The van der Waals surface area contributed by atoms with Crippen molar-refractivity contribution in [2.45, 2.75) is 50.7 Å². The van der Waals surface area contributed by atoms with Crippen molar-refractivity contribution in [2.24, 2.45) is 5.92 Å². The van der Waals surface area contributed by atoms with E-state index in [4.69, 9.17) is 5.11 Å². The first-order valence-electron chi connectivity index (χ1n) is 4.93. The first-order valence-corrected chi connectivity index (χ1v) is 4.93. The molecule has 3 heteroatoms. The maximum absolute atomic E-state index is 9.74. The maximum Gasteiger partial charge on any atom is 0.0877 e. The van der Waals surface area contributed by atoms with Gasteiger partial charge in [0.25, 0.3) is 0 Å². The molecule has 0 aromatic rings. The van der Waals surface area contributed by atoms with E-state index in [-0.39, 0.29) is 12.5 Å². The lowest BCUT2D eigenvalue weighted by Gasteiger charge is -2.39. The molecular weight excluding hydrogens is 168 g/mol. The SMILES string of the molecule is CC(C)(O)C1CCC(O)(CO)CC1. The second-order valence-corrected chi connectivity index (χ2v) is 4.81. The quantitative estimate of drug-likeness (QED) is 0.597. The van der Waals surface area contributed by atoms with Gasteiger partial charge in [-0.2, -0.15) is 0 Å². The lowest BCUT2D eigenvalue weighted by molar-refractivity contribution is -0.0823. The van der Waals surface area contributed by atoms with Crippen molar-refractivity contribution in [1.29, 1.82) is 0 Å². The monoisotopic (exact) mass is 188 g/mol. The normalized spacial score (nSPS) is 36.2. The lowest BCUT2D eigenvalue weighted by Crippen LogP contribution is -2.42. The van der Waals surface area contributed by atoms with Gasteiger partial charge in [-0.15, -0.1) is 0 Å². The van der Waals surface area contributed by atoms with Gasteiger partial charge in [-0.25, -0.2) is 0 Å². The molecule has 13 heavy (non-hydrogen) atoms. The van der Waals surface area contributed by atoms with E-state index in [9.17, 15) is 10.2 Å². The van der Waals surface area contributed by atoms with E-state index >= 15 is 0 Å². The minimum atomic E-state index is -0.887. The smallest absolute Gasteiger partial charge is 0.0877 e. The second kappa shape index (κ2) is 3.56. The number of aliphatic hydroxyl groups excluding tert-OH is 1. The zero-order valence-corrected chi connectivity index (χ0v) is 8.45. The summed E-state index contributed by atoms with van der Waals surface area (Å²) in [4.78, 5) is 0. The van der Waals surface area contributed by atoms with Gasteiger partial charge in [-0.05, 0) is 45.4 Å². The standard InChI is InChI=1S/C10H20O3/c1-9(2,12)8-3-5-10(13,7-11)6-4-8/h8,11-13H,3-7H2,1-2H3. The minimum absolute atomic E-state index is 0.161. The third kappa shape index (κ3) is 2.66. The highest BCUT2D eigenvalue weighted by Crippen LogP contribution is 2.37. The van der Waals surface area contributed by atoms with Gasteiger partial charge in [0.1, 0.15) is 0 Å². The molecule has 1 saturated carbocycles. The molecule has 0 amide bonds. The maximum atomic E-state index is 9.74. The highest BCUT2D eigenvalue weighted by molar-refractivity contribution is 4.89. The topological polar surface area (TPSA) is 60.7 Å². The molecular formula is C10H20O3. The summed E-state index contributed by atoms with van der Waals surface area (Å²) >= 11 is 0. The largest absolute Gasteiger partial charge is 0.393 e. The van der Waals surface area contributed by atoms with Crippen molar-refractivity contribution in [3.8, 4) is 0 Å². The third-order valence-corrected chi connectivity index (χ3v) is 3.21. The Bertz CT molecular complexity index is 163. The number of aliphatic hydroxyl groups is 3. The summed E-state index contributed by atoms with van der Waals surface area (Å²) in [6.45, 7) is 3.45. The van der Waals surface area contributed by atoms with Gasteiger partial charge in [0.05, 0.1) is 17.8 Å². The summed E-state index contributed by atoms with van der Waals surface area (Å²) in [5.74, 6) is 0.249. The van der Waals surface area contributed by atoms with Crippen molar-refractivity contribution < 1.29 is 15.3 Å². The van der Waals surface area contributed by atoms with Crippen molar-refractivity contribution in [2.75, 3.05) is 6.61 Å². The molecule has 0 aromatic carbocycles. The molecule has 0 aromatic heterocycles. The van der Waals surface area contributed by atoms with Crippen LogP contribution in [-0.2, 0) is 0 Å². The van der Waals surface area contributed by atoms with Crippen molar-refractivity contribution >= 4 is 0 Å². The van der Waals surface area contributed by atoms with E-state index in [1.165, 1.54) is 0 Å². The van der Waals surface area contributed by atoms with E-state index in [0.717, 1.165) is 12.8 Å². The van der Waals surface area contributed by atoms with Gasteiger partial charge in [0, 0.05) is 0 Å². The van der Waals surface area contributed by atoms with Crippen LogP contribution in [0.15, 0.2) is 0 Å². The summed E-state index contributed by atoms with van der Waals surface area (Å²) in [6.07, 6.45) is 2.78. The van der Waals surface area contributed by atoms with E-state index in [0.29, 0.717) is 12.8 Å². The zero-order chi connectivity index (χ0) is 10.1. The summed E-state index contributed by atoms with van der Waals surface area (Å²) < 4.78 is 0. The number of rotatable bonds is 2. The molecule has 1 aliphatic rings. The molecule has 78 valence electrons. The van der Waals surface area contributed by atoms with Crippen LogP contribution in [0.3, 0.4) is 0 Å². The Morgan fingerprint density at radius 3 is 2.08 bits per heavy atom. The van der Waals surface area contributed by atoms with Gasteiger partial charge < -0.3 is 15.3 Å². The first-order chi connectivity index (χ1) is 5.87. The molecule has 3 N–H and O–H groups in total. The van der Waals surface area contributed by atoms with Crippen molar-refractivity contribution in [1.82, 2.24) is 0 Å². The molecule has 0 atom stereocenters. The summed E-state index contributed by atoms with van der Waals surface area (Å²) in [7, 11) is 0. The van der Waals surface area contributed by atoms with E-state index in [1.807, 2.05) is 0 Å². The van der Waals surface area contributed by atoms with Gasteiger partial charge in [-0.3, -0.25) is 0 Å². The molecule has 1 rings (SSSR count). The van der Waals surface area contributed by atoms with E-state index < -0.39 is 11.2 Å². The van der Waals surface area contributed by atoms with Gasteiger partial charge in [-0.1, -0.05) is 0 Å². The van der Waals surface area contributed by atoms with Gasteiger partial charge in [0.2, 0.25) is 0 Å². The molecule has 0 bridgehead atoms. The molecule has 1 fully saturated rings. The van der Waals surface area contributed by atoms with Crippen LogP contribution in [0.1, 0.15) is 39.5 Å². The fourth-order valence-corrected chi connectivity index (χ4v) is 2.02. The van der Waals surface area contributed by atoms with Crippen LogP contribution in [0.5, 0.6) is 0 Å². The fraction of sp³-hybridized carbons (Fsp3) is 1.00. The Balaban J connectivity index is 2.48. The molecule has 0 saturated heterocycles. The molecule has 0 heterocycles. The first kappa shape index (κ1) is 11.0. The Morgan fingerprint density at radius 1 is 1.31 bits per heavy atom. The van der Waals surface area contributed by atoms with E-state index in [1.54, 1.807) is 13.8 Å². The van der Waals surface area contributed by atoms with Crippen LogP contribution < -0.4 is 0 Å². The Morgan fingerprint density at radius 2 is 1.77 bits per heavy atom. The zero-order valence-electron chi connectivity index (χ0n) is 8.45. The highest BCUT2D eigenvalue weighted by Gasteiger charge is 2.37.